The predicted molar refractivity (Wildman–Crippen MR) is 78.0 cm³/mol. The number of rotatable bonds is 8. The van der Waals surface area contributed by atoms with Crippen molar-refractivity contribution in [3.05, 3.63) is 30.3 Å². The maximum Gasteiger partial charge on any atom is 0.119 e. The zero-order valence-corrected chi connectivity index (χ0v) is 12.5. The van der Waals surface area contributed by atoms with Crippen molar-refractivity contribution >= 4 is 15.9 Å². The van der Waals surface area contributed by atoms with Gasteiger partial charge in [0.05, 0.1) is 6.61 Å². The van der Waals surface area contributed by atoms with Gasteiger partial charge in [-0.2, -0.15) is 0 Å². The lowest BCUT2D eigenvalue weighted by Gasteiger charge is -2.29. The third-order valence-electron chi connectivity index (χ3n) is 3.65. The SMILES string of the molecule is CCC(CC)(CBr)CCCOc1ccccc1. The molecule has 0 aliphatic carbocycles. The molecule has 0 saturated heterocycles. The molecule has 0 unspecified atom stereocenters. The van der Waals surface area contributed by atoms with E-state index in [1.165, 1.54) is 19.3 Å². The fourth-order valence-electron chi connectivity index (χ4n) is 2.01. The second-order valence-corrected chi connectivity index (χ2v) is 5.17. The van der Waals surface area contributed by atoms with Crippen molar-refractivity contribution in [2.75, 3.05) is 11.9 Å². The van der Waals surface area contributed by atoms with E-state index in [1.54, 1.807) is 0 Å². The summed E-state index contributed by atoms with van der Waals surface area (Å²) < 4.78 is 5.72. The Bertz CT molecular complexity index is 285. The van der Waals surface area contributed by atoms with E-state index in [1.807, 2.05) is 30.3 Å². The second-order valence-electron chi connectivity index (χ2n) is 4.61. The van der Waals surface area contributed by atoms with E-state index in [-0.39, 0.29) is 0 Å². The highest BCUT2D eigenvalue weighted by Gasteiger charge is 2.23. The second kappa shape index (κ2) is 7.75. The van der Waals surface area contributed by atoms with Gasteiger partial charge < -0.3 is 4.74 Å². The molecule has 0 saturated carbocycles. The van der Waals surface area contributed by atoms with Gasteiger partial charge in [0.15, 0.2) is 0 Å². The quantitative estimate of drug-likeness (QED) is 0.482. The highest BCUT2D eigenvalue weighted by molar-refractivity contribution is 9.09. The van der Waals surface area contributed by atoms with Gasteiger partial charge in [0.25, 0.3) is 0 Å². The van der Waals surface area contributed by atoms with E-state index in [0.29, 0.717) is 5.41 Å². The van der Waals surface area contributed by atoms with Crippen LogP contribution in [0, 0.1) is 5.41 Å². The first-order valence-corrected chi connectivity index (χ1v) is 7.62. The van der Waals surface area contributed by atoms with Gasteiger partial charge in [0.1, 0.15) is 5.75 Å². The number of hydrogen-bond donors (Lipinski definition) is 0. The highest BCUT2D eigenvalue weighted by Crippen LogP contribution is 2.33. The van der Waals surface area contributed by atoms with Crippen LogP contribution < -0.4 is 4.74 Å². The Kier molecular flexibility index (Phi) is 6.64. The average Bonchev–Trinajstić information content (AvgIpc) is 2.41. The summed E-state index contributed by atoms with van der Waals surface area (Å²) in [5.74, 6) is 0.977. The molecule has 0 bridgehead atoms. The third-order valence-corrected chi connectivity index (χ3v) is 4.84. The molecule has 0 N–H and O–H groups in total. The van der Waals surface area contributed by atoms with Crippen LogP contribution in [0.25, 0.3) is 0 Å². The van der Waals surface area contributed by atoms with Gasteiger partial charge in [-0.25, -0.2) is 0 Å². The highest BCUT2D eigenvalue weighted by atomic mass is 79.9. The Balaban J connectivity index is 2.28. The Morgan fingerprint density at radius 2 is 1.76 bits per heavy atom. The molecule has 17 heavy (non-hydrogen) atoms. The number of ether oxygens (including phenoxy) is 1. The number of para-hydroxylation sites is 1. The van der Waals surface area contributed by atoms with Gasteiger partial charge in [-0.05, 0) is 43.2 Å². The van der Waals surface area contributed by atoms with E-state index in [4.69, 9.17) is 4.74 Å². The van der Waals surface area contributed by atoms with Crippen molar-refractivity contribution in [2.24, 2.45) is 5.41 Å². The number of benzene rings is 1. The molecule has 0 spiro atoms. The summed E-state index contributed by atoms with van der Waals surface area (Å²) in [4.78, 5) is 0. The summed E-state index contributed by atoms with van der Waals surface area (Å²) >= 11 is 3.65. The van der Waals surface area contributed by atoms with E-state index in [2.05, 4.69) is 29.8 Å². The minimum absolute atomic E-state index is 0.458. The topological polar surface area (TPSA) is 9.23 Å². The molecule has 1 rings (SSSR count). The monoisotopic (exact) mass is 298 g/mol. The largest absolute Gasteiger partial charge is 0.494 e. The first-order chi connectivity index (χ1) is 8.26. The number of hydrogen-bond acceptors (Lipinski definition) is 1. The standard InChI is InChI=1S/C15H23BrO/c1-3-15(4-2,13-16)11-8-12-17-14-9-6-5-7-10-14/h5-7,9-10H,3-4,8,11-13H2,1-2H3. The molecule has 0 radical (unpaired) electrons. The van der Waals surface area contributed by atoms with Crippen LogP contribution in [-0.4, -0.2) is 11.9 Å². The van der Waals surface area contributed by atoms with Gasteiger partial charge >= 0.3 is 0 Å². The lowest BCUT2D eigenvalue weighted by Crippen LogP contribution is -2.21. The molecule has 0 aromatic heterocycles. The van der Waals surface area contributed by atoms with Crippen LogP contribution in [0.15, 0.2) is 30.3 Å². The summed E-state index contributed by atoms with van der Waals surface area (Å²) in [5, 5.41) is 1.10. The molecule has 0 fully saturated rings. The van der Waals surface area contributed by atoms with Crippen LogP contribution >= 0.6 is 15.9 Å². The van der Waals surface area contributed by atoms with Crippen LogP contribution in [0.2, 0.25) is 0 Å². The summed E-state index contributed by atoms with van der Waals surface area (Å²) in [6, 6.07) is 10.1. The number of halogens is 1. The zero-order chi connectivity index (χ0) is 12.6. The molecular formula is C15H23BrO. The summed E-state index contributed by atoms with van der Waals surface area (Å²) in [6.45, 7) is 5.38. The first-order valence-electron chi connectivity index (χ1n) is 6.50. The van der Waals surface area contributed by atoms with Crippen LogP contribution in [0.3, 0.4) is 0 Å². The average molecular weight is 299 g/mol. The summed E-state index contributed by atoms with van der Waals surface area (Å²) in [5.41, 5.74) is 0.458. The Morgan fingerprint density at radius 1 is 1.12 bits per heavy atom. The minimum atomic E-state index is 0.458. The maximum absolute atomic E-state index is 5.72. The van der Waals surface area contributed by atoms with Gasteiger partial charge in [-0.1, -0.05) is 48.0 Å². The van der Waals surface area contributed by atoms with Crippen molar-refractivity contribution in [1.29, 1.82) is 0 Å². The Morgan fingerprint density at radius 3 is 2.29 bits per heavy atom. The zero-order valence-electron chi connectivity index (χ0n) is 10.9. The Hall–Kier alpha value is -0.500. The van der Waals surface area contributed by atoms with Crippen LogP contribution in [0.4, 0.5) is 0 Å². The van der Waals surface area contributed by atoms with E-state index in [0.717, 1.165) is 24.1 Å². The van der Waals surface area contributed by atoms with Crippen LogP contribution in [-0.2, 0) is 0 Å². The summed E-state index contributed by atoms with van der Waals surface area (Å²) in [7, 11) is 0. The lowest BCUT2D eigenvalue weighted by molar-refractivity contribution is 0.233. The fourth-order valence-corrected chi connectivity index (χ4v) is 3.09. The fraction of sp³-hybridized carbons (Fsp3) is 0.600. The van der Waals surface area contributed by atoms with Crippen molar-refractivity contribution in [2.45, 2.75) is 39.5 Å². The molecule has 0 heterocycles. The molecule has 0 aliphatic heterocycles. The summed E-state index contributed by atoms with van der Waals surface area (Å²) in [6.07, 6.45) is 4.83. The minimum Gasteiger partial charge on any atom is -0.494 e. The van der Waals surface area contributed by atoms with E-state index in [9.17, 15) is 0 Å². The van der Waals surface area contributed by atoms with Crippen molar-refractivity contribution in [1.82, 2.24) is 0 Å². The van der Waals surface area contributed by atoms with Crippen molar-refractivity contribution < 1.29 is 4.74 Å². The maximum atomic E-state index is 5.72. The smallest absolute Gasteiger partial charge is 0.119 e. The molecule has 1 nitrogen and oxygen atoms in total. The Labute approximate surface area is 114 Å². The molecule has 1 aromatic rings. The van der Waals surface area contributed by atoms with Crippen molar-refractivity contribution in [3.63, 3.8) is 0 Å². The molecule has 0 amide bonds. The van der Waals surface area contributed by atoms with E-state index >= 15 is 0 Å². The van der Waals surface area contributed by atoms with E-state index < -0.39 is 0 Å². The van der Waals surface area contributed by atoms with Gasteiger partial charge in [0.2, 0.25) is 0 Å². The predicted octanol–water partition coefficient (Wildman–Crippen LogP) is 5.05. The van der Waals surface area contributed by atoms with Crippen LogP contribution in [0.1, 0.15) is 39.5 Å². The molecule has 2 heteroatoms. The van der Waals surface area contributed by atoms with Crippen molar-refractivity contribution in [3.8, 4) is 5.75 Å². The first kappa shape index (κ1) is 14.6. The molecule has 0 atom stereocenters. The molecule has 96 valence electrons. The molecule has 1 aromatic carbocycles. The lowest BCUT2D eigenvalue weighted by atomic mass is 9.80. The van der Waals surface area contributed by atoms with Gasteiger partial charge in [0, 0.05) is 5.33 Å². The third kappa shape index (κ3) is 4.71. The van der Waals surface area contributed by atoms with Gasteiger partial charge in [-0.3, -0.25) is 0 Å². The molecule has 0 aliphatic rings. The normalized spacial score (nSPS) is 11.5. The molecular weight excluding hydrogens is 276 g/mol. The van der Waals surface area contributed by atoms with Gasteiger partial charge in [-0.15, -0.1) is 0 Å². The van der Waals surface area contributed by atoms with Crippen LogP contribution in [0.5, 0.6) is 5.75 Å². The number of alkyl halides is 1.